The summed E-state index contributed by atoms with van der Waals surface area (Å²) >= 11 is 0. The largest absolute Gasteiger partial charge is 0.379 e. The Bertz CT molecular complexity index is 425. The Balaban J connectivity index is 0.00000364. The van der Waals surface area contributed by atoms with Crippen molar-refractivity contribution in [1.82, 2.24) is 20.0 Å². The normalized spacial score (nSPS) is 23.0. The zero-order valence-corrected chi connectivity index (χ0v) is 20.4. The third-order valence-corrected chi connectivity index (χ3v) is 6.04. The molecule has 2 saturated heterocycles. The molecule has 0 radical (unpaired) electrons. The van der Waals surface area contributed by atoms with Crippen molar-refractivity contribution in [2.24, 2.45) is 10.9 Å². The number of ether oxygens (including phenoxy) is 1. The molecule has 2 fully saturated rings. The van der Waals surface area contributed by atoms with Crippen LogP contribution in [-0.2, 0) is 4.74 Å². The van der Waals surface area contributed by atoms with E-state index in [1.165, 1.54) is 19.3 Å². The zero-order chi connectivity index (χ0) is 18.9. The van der Waals surface area contributed by atoms with Crippen LogP contribution in [0.25, 0.3) is 0 Å². The molecular weight excluding hydrogens is 453 g/mol. The van der Waals surface area contributed by atoms with Crippen LogP contribution in [0.4, 0.5) is 0 Å². The van der Waals surface area contributed by atoms with E-state index in [0.717, 1.165) is 58.4 Å². The minimum atomic E-state index is 0. The Kier molecular flexibility index (Phi) is 12.2. The number of halogens is 1. The Hall–Kier alpha value is -0.120. The molecule has 6 nitrogen and oxygen atoms in total. The third kappa shape index (κ3) is 7.33. The number of hydrogen-bond donors (Lipinski definition) is 1. The van der Waals surface area contributed by atoms with Crippen molar-refractivity contribution in [3.63, 3.8) is 0 Å². The summed E-state index contributed by atoms with van der Waals surface area (Å²) in [5, 5.41) is 3.53. The topological polar surface area (TPSA) is 43.3 Å². The van der Waals surface area contributed by atoms with E-state index in [2.05, 4.69) is 54.9 Å². The maximum atomic E-state index is 5.51. The maximum Gasteiger partial charge on any atom is 0.194 e. The molecule has 7 heteroatoms. The van der Waals surface area contributed by atoms with E-state index < -0.39 is 0 Å². The highest BCUT2D eigenvalue weighted by molar-refractivity contribution is 14.0. The van der Waals surface area contributed by atoms with Gasteiger partial charge in [0.25, 0.3) is 0 Å². The van der Waals surface area contributed by atoms with Gasteiger partial charge in [-0.25, -0.2) is 0 Å². The van der Waals surface area contributed by atoms with Crippen molar-refractivity contribution in [3.05, 3.63) is 0 Å². The van der Waals surface area contributed by atoms with Crippen LogP contribution in [0, 0.1) is 5.92 Å². The van der Waals surface area contributed by atoms with Crippen molar-refractivity contribution in [3.8, 4) is 0 Å². The van der Waals surface area contributed by atoms with Gasteiger partial charge in [0.15, 0.2) is 5.96 Å². The number of morpholine rings is 1. The van der Waals surface area contributed by atoms with Crippen LogP contribution in [-0.4, -0.2) is 99.3 Å². The number of likely N-dealkylation sites (tertiary alicyclic amines) is 1. The minimum absolute atomic E-state index is 0. The first-order chi connectivity index (χ1) is 12.6. The minimum Gasteiger partial charge on any atom is -0.379 e. The van der Waals surface area contributed by atoms with Crippen molar-refractivity contribution in [2.75, 3.05) is 66.6 Å². The highest BCUT2D eigenvalue weighted by Crippen LogP contribution is 2.19. The molecule has 0 saturated carbocycles. The van der Waals surface area contributed by atoms with Crippen molar-refractivity contribution >= 4 is 29.9 Å². The van der Waals surface area contributed by atoms with Crippen LogP contribution in [0.2, 0.25) is 0 Å². The van der Waals surface area contributed by atoms with Gasteiger partial charge in [-0.15, -0.1) is 24.0 Å². The second-order valence-corrected chi connectivity index (χ2v) is 7.84. The molecular formula is C20H42IN5O. The number of aliphatic imine (C=N–C) groups is 1. The fourth-order valence-corrected chi connectivity index (χ4v) is 4.35. The second-order valence-electron chi connectivity index (χ2n) is 7.84. The predicted octanol–water partition coefficient (Wildman–Crippen LogP) is 2.34. The van der Waals surface area contributed by atoms with E-state index in [1.807, 2.05) is 0 Å². The van der Waals surface area contributed by atoms with Crippen LogP contribution in [0.15, 0.2) is 4.99 Å². The van der Waals surface area contributed by atoms with Gasteiger partial charge in [0, 0.05) is 44.8 Å². The van der Waals surface area contributed by atoms with E-state index in [9.17, 15) is 0 Å². The lowest BCUT2D eigenvalue weighted by atomic mass is 9.93. The smallest absolute Gasteiger partial charge is 0.194 e. The summed E-state index contributed by atoms with van der Waals surface area (Å²) in [6.07, 6.45) is 3.66. The van der Waals surface area contributed by atoms with E-state index in [0.29, 0.717) is 18.0 Å². The molecule has 0 bridgehead atoms. The van der Waals surface area contributed by atoms with Gasteiger partial charge in [0.1, 0.15) is 0 Å². The van der Waals surface area contributed by atoms with Gasteiger partial charge in [0.2, 0.25) is 0 Å². The summed E-state index contributed by atoms with van der Waals surface area (Å²) < 4.78 is 5.51. The number of nitrogens with zero attached hydrogens (tertiary/aromatic N) is 4. The Labute approximate surface area is 184 Å². The van der Waals surface area contributed by atoms with E-state index in [4.69, 9.17) is 9.73 Å². The Morgan fingerprint density at radius 3 is 2.37 bits per heavy atom. The first kappa shape index (κ1) is 24.9. The fourth-order valence-electron chi connectivity index (χ4n) is 4.35. The molecule has 160 valence electrons. The maximum absolute atomic E-state index is 5.51. The Morgan fingerprint density at radius 2 is 1.81 bits per heavy atom. The molecule has 2 atom stereocenters. The first-order valence-corrected chi connectivity index (χ1v) is 10.6. The van der Waals surface area contributed by atoms with Crippen molar-refractivity contribution in [1.29, 1.82) is 0 Å². The van der Waals surface area contributed by atoms with Gasteiger partial charge in [-0.3, -0.25) is 9.89 Å². The van der Waals surface area contributed by atoms with Gasteiger partial charge in [-0.05, 0) is 33.4 Å². The average Bonchev–Trinajstić information content (AvgIpc) is 3.14. The van der Waals surface area contributed by atoms with Crippen LogP contribution in [0.1, 0.15) is 40.0 Å². The summed E-state index contributed by atoms with van der Waals surface area (Å²) in [7, 11) is 4.38. The second kappa shape index (κ2) is 13.2. The molecule has 0 aromatic heterocycles. The quantitative estimate of drug-likeness (QED) is 0.318. The van der Waals surface area contributed by atoms with Crippen LogP contribution >= 0.6 is 24.0 Å². The molecule has 0 aromatic rings. The SMILES string of the molecule is CCNC(=NCC(C(CC)CC)N(C)C)N1CCC(N2CCOCC2)C1.I. The predicted molar refractivity (Wildman–Crippen MR) is 125 cm³/mol. The summed E-state index contributed by atoms with van der Waals surface area (Å²) in [4.78, 5) is 12.5. The first-order valence-electron chi connectivity index (χ1n) is 10.6. The molecule has 2 aliphatic heterocycles. The summed E-state index contributed by atoms with van der Waals surface area (Å²) in [6.45, 7) is 14.7. The van der Waals surface area contributed by atoms with E-state index >= 15 is 0 Å². The number of guanidine groups is 1. The van der Waals surface area contributed by atoms with Gasteiger partial charge in [0.05, 0.1) is 19.8 Å². The van der Waals surface area contributed by atoms with Gasteiger partial charge in [-0.2, -0.15) is 0 Å². The van der Waals surface area contributed by atoms with Crippen molar-refractivity contribution < 1.29 is 4.74 Å². The van der Waals surface area contributed by atoms with Gasteiger partial charge in [-0.1, -0.05) is 26.7 Å². The average molecular weight is 495 g/mol. The lowest BCUT2D eigenvalue weighted by Crippen LogP contribution is -2.47. The number of rotatable bonds is 8. The summed E-state index contributed by atoms with van der Waals surface area (Å²) in [6, 6.07) is 1.16. The molecule has 2 heterocycles. The molecule has 2 rings (SSSR count). The van der Waals surface area contributed by atoms with Gasteiger partial charge >= 0.3 is 0 Å². The molecule has 0 amide bonds. The molecule has 0 aromatic carbocycles. The zero-order valence-electron chi connectivity index (χ0n) is 18.1. The van der Waals surface area contributed by atoms with E-state index in [1.54, 1.807) is 0 Å². The molecule has 27 heavy (non-hydrogen) atoms. The van der Waals surface area contributed by atoms with Gasteiger partial charge < -0.3 is 19.9 Å². The van der Waals surface area contributed by atoms with Crippen LogP contribution in [0.3, 0.4) is 0 Å². The summed E-state index contributed by atoms with van der Waals surface area (Å²) in [5.41, 5.74) is 0. The highest BCUT2D eigenvalue weighted by atomic mass is 127. The molecule has 0 spiro atoms. The monoisotopic (exact) mass is 495 g/mol. The Morgan fingerprint density at radius 1 is 1.15 bits per heavy atom. The van der Waals surface area contributed by atoms with E-state index in [-0.39, 0.29) is 24.0 Å². The lowest BCUT2D eigenvalue weighted by Gasteiger charge is -2.33. The molecule has 2 unspecified atom stereocenters. The highest BCUT2D eigenvalue weighted by Gasteiger charge is 2.30. The standard InChI is InChI=1S/C20H41N5O.HI/c1-6-17(7-2)19(23(4)5)15-22-20(21-8-3)25-10-9-18(16-25)24-11-13-26-14-12-24;/h17-19H,6-16H2,1-5H3,(H,21,22);1H. The molecule has 1 N–H and O–H groups in total. The third-order valence-electron chi connectivity index (χ3n) is 6.04. The lowest BCUT2D eigenvalue weighted by molar-refractivity contribution is 0.0195. The molecule has 0 aliphatic carbocycles. The van der Waals surface area contributed by atoms with Crippen LogP contribution < -0.4 is 5.32 Å². The number of hydrogen-bond acceptors (Lipinski definition) is 4. The number of likely N-dealkylation sites (N-methyl/N-ethyl adjacent to an activating group) is 1. The number of nitrogens with one attached hydrogen (secondary N) is 1. The fraction of sp³-hybridized carbons (Fsp3) is 0.950. The molecule has 2 aliphatic rings. The van der Waals surface area contributed by atoms with Crippen molar-refractivity contribution in [2.45, 2.75) is 52.1 Å². The van der Waals surface area contributed by atoms with Crippen LogP contribution in [0.5, 0.6) is 0 Å². The summed E-state index contributed by atoms with van der Waals surface area (Å²) in [5.74, 6) is 1.80.